The fourth-order valence-electron chi connectivity index (χ4n) is 7.83. The molecular formula is C59H103NO5. The molecule has 0 saturated carbocycles. The highest BCUT2D eigenvalue weighted by atomic mass is 16.5. The van der Waals surface area contributed by atoms with Crippen LogP contribution in [0.3, 0.4) is 0 Å². The number of unbranched alkanes of at least 4 members (excludes halogenated alkanes) is 24. The standard InChI is InChI=1S/C59H103NO5/c1-4-7-10-13-16-19-22-25-27-29-31-33-35-38-41-44-47-50-55(65-59(64)52-49-46-43-40-37-34-32-30-28-26-23-20-17-14-11-8-5-2)53-58(63)60-56(54-61)57(62)51-48-45-42-39-36-24-21-18-15-12-9-6-3/h7,10,16,19,25-28,31,33,38,41,47,50,55-57,61-62H,4-6,8-9,11-15,17-18,20-24,29-30,32,34-37,39-40,42-46,48-49,51-54H2,1-3H3,(H,60,63)/b10-7-,19-16-,27-25-,28-26+,33-31-,41-38-,50-47-. The van der Waals surface area contributed by atoms with Gasteiger partial charge in [-0.25, -0.2) is 0 Å². The molecule has 0 aliphatic heterocycles. The third-order valence-corrected chi connectivity index (χ3v) is 12.0. The van der Waals surface area contributed by atoms with Crippen LogP contribution in [0.2, 0.25) is 0 Å². The first kappa shape index (κ1) is 62.0. The Balaban J connectivity index is 4.76. The molecule has 3 N–H and O–H groups in total. The predicted molar refractivity (Wildman–Crippen MR) is 282 cm³/mol. The number of carbonyl (C=O) groups is 2. The Kier molecular flexibility index (Phi) is 49.6. The molecule has 0 bridgehead atoms. The number of allylic oxidation sites excluding steroid dienone is 13. The quantitative estimate of drug-likeness (QED) is 0.0321. The first-order chi connectivity index (χ1) is 32.0. The maximum Gasteiger partial charge on any atom is 0.306 e. The summed E-state index contributed by atoms with van der Waals surface area (Å²) in [4.78, 5) is 26.1. The summed E-state index contributed by atoms with van der Waals surface area (Å²) in [6.45, 7) is 6.33. The summed E-state index contributed by atoms with van der Waals surface area (Å²) < 4.78 is 5.84. The Hall–Kier alpha value is -2.96. The van der Waals surface area contributed by atoms with Crippen LogP contribution in [-0.2, 0) is 14.3 Å². The van der Waals surface area contributed by atoms with E-state index in [2.05, 4.69) is 99.0 Å². The number of hydrogen-bond acceptors (Lipinski definition) is 5. The number of ether oxygens (including phenoxy) is 1. The largest absolute Gasteiger partial charge is 0.458 e. The van der Waals surface area contributed by atoms with E-state index < -0.39 is 18.2 Å². The Labute approximate surface area is 402 Å². The molecule has 65 heavy (non-hydrogen) atoms. The second-order valence-corrected chi connectivity index (χ2v) is 18.2. The van der Waals surface area contributed by atoms with Gasteiger partial charge in [0.25, 0.3) is 0 Å². The molecule has 1 amide bonds. The molecule has 0 heterocycles. The molecule has 0 saturated heterocycles. The zero-order valence-electron chi connectivity index (χ0n) is 42.6. The number of rotatable bonds is 48. The van der Waals surface area contributed by atoms with Crippen LogP contribution in [0.15, 0.2) is 85.1 Å². The zero-order chi connectivity index (χ0) is 47.4. The van der Waals surface area contributed by atoms with Crippen molar-refractivity contribution < 1.29 is 24.5 Å². The third kappa shape index (κ3) is 47.3. The summed E-state index contributed by atoms with van der Waals surface area (Å²) in [6.07, 6.45) is 68.2. The lowest BCUT2D eigenvalue weighted by atomic mass is 10.0. The minimum atomic E-state index is -0.824. The summed E-state index contributed by atoms with van der Waals surface area (Å²) >= 11 is 0. The van der Waals surface area contributed by atoms with Crippen molar-refractivity contribution in [2.24, 2.45) is 0 Å². The van der Waals surface area contributed by atoms with Gasteiger partial charge in [0, 0.05) is 6.42 Å². The van der Waals surface area contributed by atoms with E-state index in [1.807, 2.05) is 6.08 Å². The van der Waals surface area contributed by atoms with Gasteiger partial charge in [0.15, 0.2) is 0 Å². The minimum Gasteiger partial charge on any atom is -0.458 e. The summed E-state index contributed by atoms with van der Waals surface area (Å²) in [6, 6.07) is -0.747. The predicted octanol–water partition coefficient (Wildman–Crippen LogP) is 16.7. The number of nitrogens with one attached hydrogen (secondary N) is 1. The van der Waals surface area contributed by atoms with E-state index in [-0.39, 0.29) is 24.9 Å². The lowest BCUT2D eigenvalue weighted by Crippen LogP contribution is -2.46. The molecule has 0 aliphatic carbocycles. The van der Waals surface area contributed by atoms with Crippen LogP contribution in [0, 0.1) is 0 Å². The van der Waals surface area contributed by atoms with E-state index in [0.29, 0.717) is 19.3 Å². The molecular weight excluding hydrogens is 803 g/mol. The topological polar surface area (TPSA) is 95.9 Å². The Morgan fingerprint density at radius 3 is 1.29 bits per heavy atom. The Bertz CT molecular complexity index is 1250. The van der Waals surface area contributed by atoms with Crippen LogP contribution >= 0.6 is 0 Å². The van der Waals surface area contributed by atoms with Crippen LogP contribution in [0.4, 0.5) is 0 Å². The van der Waals surface area contributed by atoms with Crippen molar-refractivity contribution in [3.8, 4) is 0 Å². The lowest BCUT2D eigenvalue weighted by molar-refractivity contribution is -0.148. The van der Waals surface area contributed by atoms with Gasteiger partial charge < -0.3 is 20.3 Å². The average Bonchev–Trinajstić information content (AvgIpc) is 3.30. The average molecular weight is 906 g/mol. The number of esters is 1. The van der Waals surface area contributed by atoms with Crippen molar-refractivity contribution in [2.75, 3.05) is 6.61 Å². The SMILES string of the molecule is CC/C=C\C/C=C\C/C=C\C/C=C\C/C=C\C/C=C\C(CC(=O)NC(CO)C(O)CCCCCCCCCCCCCC)OC(=O)CCCCCCCCC/C=C/CCCCCCCC. The van der Waals surface area contributed by atoms with Crippen molar-refractivity contribution in [3.05, 3.63) is 85.1 Å². The van der Waals surface area contributed by atoms with Gasteiger partial charge in [0.1, 0.15) is 6.10 Å². The van der Waals surface area contributed by atoms with Crippen molar-refractivity contribution in [3.63, 3.8) is 0 Å². The summed E-state index contributed by atoms with van der Waals surface area (Å²) in [7, 11) is 0. The molecule has 0 fully saturated rings. The molecule has 6 heteroatoms. The van der Waals surface area contributed by atoms with Crippen LogP contribution in [0.5, 0.6) is 0 Å². The van der Waals surface area contributed by atoms with E-state index in [1.165, 1.54) is 135 Å². The molecule has 3 atom stereocenters. The van der Waals surface area contributed by atoms with Crippen molar-refractivity contribution in [1.82, 2.24) is 5.32 Å². The third-order valence-electron chi connectivity index (χ3n) is 12.0. The fraction of sp³-hybridized carbons (Fsp3) is 0.729. The van der Waals surface area contributed by atoms with Crippen molar-refractivity contribution >= 4 is 11.9 Å². The highest BCUT2D eigenvalue weighted by Gasteiger charge is 2.23. The van der Waals surface area contributed by atoms with E-state index in [0.717, 1.165) is 70.6 Å². The molecule has 6 nitrogen and oxygen atoms in total. The molecule has 0 rings (SSSR count). The van der Waals surface area contributed by atoms with Gasteiger partial charge in [-0.15, -0.1) is 0 Å². The maximum absolute atomic E-state index is 13.2. The lowest BCUT2D eigenvalue weighted by Gasteiger charge is -2.23. The molecule has 0 aromatic heterocycles. The zero-order valence-corrected chi connectivity index (χ0v) is 42.6. The van der Waals surface area contributed by atoms with E-state index in [4.69, 9.17) is 4.74 Å². The van der Waals surface area contributed by atoms with Gasteiger partial charge >= 0.3 is 5.97 Å². The van der Waals surface area contributed by atoms with Crippen LogP contribution in [-0.4, -0.2) is 46.9 Å². The highest BCUT2D eigenvalue weighted by molar-refractivity contribution is 5.78. The normalized spacial score (nSPS) is 13.9. The van der Waals surface area contributed by atoms with E-state index >= 15 is 0 Å². The first-order valence-corrected chi connectivity index (χ1v) is 27.3. The number of amides is 1. The van der Waals surface area contributed by atoms with Crippen molar-refractivity contribution in [2.45, 2.75) is 270 Å². The van der Waals surface area contributed by atoms with Gasteiger partial charge in [-0.05, 0) is 83.1 Å². The monoisotopic (exact) mass is 906 g/mol. The minimum absolute atomic E-state index is 0.0516. The van der Waals surface area contributed by atoms with Gasteiger partial charge in [0.05, 0.1) is 25.2 Å². The fourth-order valence-corrected chi connectivity index (χ4v) is 7.83. The number of hydrogen-bond donors (Lipinski definition) is 3. The van der Waals surface area contributed by atoms with Gasteiger partial charge in [-0.1, -0.05) is 241 Å². The molecule has 3 unspecified atom stereocenters. The molecule has 374 valence electrons. The van der Waals surface area contributed by atoms with Gasteiger partial charge in [-0.3, -0.25) is 9.59 Å². The van der Waals surface area contributed by atoms with Crippen LogP contribution in [0.25, 0.3) is 0 Å². The number of aliphatic hydroxyl groups is 2. The molecule has 0 aliphatic rings. The van der Waals surface area contributed by atoms with Crippen LogP contribution < -0.4 is 5.32 Å². The smallest absolute Gasteiger partial charge is 0.306 e. The maximum atomic E-state index is 13.2. The Morgan fingerprint density at radius 1 is 0.477 bits per heavy atom. The van der Waals surface area contributed by atoms with E-state index in [1.54, 1.807) is 6.08 Å². The van der Waals surface area contributed by atoms with Gasteiger partial charge in [-0.2, -0.15) is 0 Å². The molecule has 0 spiro atoms. The summed E-state index contributed by atoms with van der Waals surface area (Å²) in [5, 5.41) is 23.7. The first-order valence-electron chi connectivity index (χ1n) is 27.3. The Morgan fingerprint density at radius 2 is 0.862 bits per heavy atom. The van der Waals surface area contributed by atoms with Crippen molar-refractivity contribution in [1.29, 1.82) is 0 Å². The van der Waals surface area contributed by atoms with Crippen LogP contribution in [0.1, 0.15) is 252 Å². The number of aliphatic hydroxyl groups excluding tert-OH is 2. The molecule has 0 radical (unpaired) electrons. The highest BCUT2D eigenvalue weighted by Crippen LogP contribution is 2.16. The molecule has 0 aromatic carbocycles. The van der Waals surface area contributed by atoms with Gasteiger partial charge in [0.2, 0.25) is 5.91 Å². The second kappa shape index (κ2) is 52.0. The van der Waals surface area contributed by atoms with E-state index in [9.17, 15) is 19.8 Å². The second-order valence-electron chi connectivity index (χ2n) is 18.2. The summed E-state index contributed by atoms with van der Waals surface area (Å²) in [5.41, 5.74) is 0. The number of carbonyl (C=O) groups excluding carboxylic acids is 2. The summed E-state index contributed by atoms with van der Waals surface area (Å²) in [5.74, 6) is -0.635. The molecule has 0 aromatic rings.